The molecule has 0 spiro atoms. The highest BCUT2D eigenvalue weighted by atomic mass is 16.2. The molecule has 1 atom stereocenters. The highest BCUT2D eigenvalue weighted by Gasteiger charge is 2.33. The molecule has 122 valence electrons. The Labute approximate surface area is 137 Å². The quantitative estimate of drug-likeness (QED) is 0.880. The van der Waals surface area contributed by atoms with Crippen molar-refractivity contribution in [1.29, 1.82) is 0 Å². The fourth-order valence-corrected chi connectivity index (χ4v) is 4.00. The van der Waals surface area contributed by atoms with Crippen LogP contribution in [0.5, 0.6) is 0 Å². The summed E-state index contributed by atoms with van der Waals surface area (Å²) in [5, 5.41) is 6.85. The predicted octanol–water partition coefficient (Wildman–Crippen LogP) is 2.16. The van der Waals surface area contributed by atoms with Gasteiger partial charge < -0.3 is 15.5 Å². The van der Waals surface area contributed by atoms with Gasteiger partial charge in [0, 0.05) is 24.7 Å². The zero-order valence-corrected chi connectivity index (χ0v) is 13.6. The third kappa shape index (κ3) is 2.93. The van der Waals surface area contributed by atoms with E-state index in [0.717, 1.165) is 64.0 Å². The van der Waals surface area contributed by atoms with Crippen LogP contribution in [0, 0.1) is 0 Å². The summed E-state index contributed by atoms with van der Waals surface area (Å²) in [7, 11) is 0. The van der Waals surface area contributed by atoms with Crippen molar-refractivity contribution < 1.29 is 4.79 Å². The number of piperidine rings is 1. The Kier molecular flexibility index (Phi) is 4.19. The molecule has 0 aromatic heterocycles. The molecule has 23 heavy (non-hydrogen) atoms. The number of fused-ring (bicyclic) bond motifs is 1. The van der Waals surface area contributed by atoms with Gasteiger partial charge in [-0.3, -0.25) is 4.79 Å². The van der Waals surface area contributed by atoms with Crippen LogP contribution >= 0.6 is 0 Å². The van der Waals surface area contributed by atoms with Crippen molar-refractivity contribution in [2.24, 2.45) is 0 Å². The number of hydrogen-bond donors (Lipinski definition) is 2. The lowest BCUT2D eigenvalue weighted by Gasteiger charge is -2.31. The van der Waals surface area contributed by atoms with Crippen molar-refractivity contribution in [3.8, 4) is 0 Å². The first-order chi connectivity index (χ1) is 11.3. The van der Waals surface area contributed by atoms with Crippen molar-refractivity contribution >= 4 is 11.5 Å². The maximum Gasteiger partial charge on any atom is 0.254 e. The molecule has 0 bridgehead atoms. The van der Waals surface area contributed by atoms with Crippen molar-refractivity contribution in [3.63, 3.8) is 0 Å². The number of benzene rings is 1. The van der Waals surface area contributed by atoms with E-state index in [9.17, 15) is 4.79 Å². The fourth-order valence-electron chi connectivity index (χ4n) is 4.00. The van der Waals surface area contributed by atoms with Gasteiger partial charge in [0.2, 0.25) is 0 Å². The van der Waals surface area contributed by atoms with Crippen molar-refractivity contribution in [3.05, 3.63) is 41.0 Å². The van der Waals surface area contributed by atoms with Gasteiger partial charge >= 0.3 is 0 Å². The third-order valence-electron chi connectivity index (χ3n) is 5.30. The second-order valence-corrected chi connectivity index (χ2v) is 6.82. The minimum absolute atomic E-state index is 0.219. The maximum absolute atomic E-state index is 12.7. The summed E-state index contributed by atoms with van der Waals surface area (Å²) in [5.74, 6) is 0.219. The molecule has 1 aromatic carbocycles. The summed E-state index contributed by atoms with van der Waals surface area (Å²) in [4.78, 5) is 14.8. The van der Waals surface area contributed by atoms with Crippen LogP contribution in [0.1, 0.15) is 47.2 Å². The van der Waals surface area contributed by atoms with Gasteiger partial charge in [-0.15, -0.1) is 0 Å². The van der Waals surface area contributed by atoms with E-state index in [1.807, 2.05) is 6.07 Å². The van der Waals surface area contributed by atoms with Crippen molar-refractivity contribution in [1.82, 2.24) is 15.5 Å². The molecule has 3 heterocycles. The van der Waals surface area contributed by atoms with Gasteiger partial charge in [-0.2, -0.15) is 0 Å². The SMILES string of the molecule is O=C1c2ccc(C3=CCCNCC3)cc2CN1C1CCCNC1. The molecule has 1 unspecified atom stereocenters. The van der Waals surface area contributed by atoms with E-state index >= 15 is 0 Å². The first kappa shape index (κ1) is 14.9. The Balaban J connectivity index is 1.57. The molecular formula is C19H25N3O. The van der Waals surface area contributed by atoms with Crippen molar-refractivity contribution in [2.75, 3.05) is 26.2 Å². The Bertz CT molecular complexity index is 632. The lowest BCUT2D eigenvalue weighted by Crippen LogP contribution is -2.46. The Hall–Kier alpha value is -1.65. The average molecular weight is 311 g/mol. The second kappa shape index (κ2) is 6.46. The van der Waals surface area contributed by atoms with Crippen LogP contribution in [-0.2, 0) is 6.54 Å². The standard InChI is InChI=1S/C19H25N3O/c23-19-18-6-5-15(14-3-1-8-20-10-7-14)11-16(18)13-22(19)17-4-2-9-21-12-17/h3,5-6,11,17,20-21H,1-2,4,7-10,12-13H2. The number of hydrogen-bond acceptors (Lipinski definition) is 3. The zero-order chi connectivity index (χ0) is 15.6. The molecule has 3 aliphatic heterocycles. The number of nitrogens with zero attached hydrogens (tertiary/aromatic N) is 1. The highest BCUT2D eigenvalue weighted by Crippen LogP contribution is 2.30. The topological polar surface area (TPSA) is 44.4 Å². The van der Waals surface area contributed by atoms with Crippen LogP contribution in [0.4, 0.5) is 0 Å². The zero-order valence-electron chi connectivity index (χ0n) is 13.6. The van der Waals surface area contributed by atoms with Gasteiger partial charge in [0.15, 0.2) is 0 Å². The number of rotatable bonds is 2. The number of carbonyl (C=O) groups is 1. The van der Waals surface area contributed by atoms with Crippen LogP contribution in [0.2, 0.25) is 0 Å². The number of amides is 1. The van der Waals surface area contributed by atoms with Crippen LogP contribution in [0.15, 0.2) is 24.3 Å². The number of nitrogens with one attached hydrogen (secondary N) is 2. The molecule has 2 N–H and O–H groups in total. The van der Waals surface area contributed by atoms with E-state index in [1.165, 1.54) is 16.7 Å². The fraction of sp³-hybridized carbons (Fsp3) is 0.526. The monoisotopic (exact) mass is 311 g/mol. The summed E-state index contributed by atoms with van der Waals surface area (Å²) in [6.45, 7) is 4.90. The summed E-state index contributed by atoms with van der Waals surface area (Å²) in [6.07, 6.45) is 6.79. The highest BCUT2D eigenvalue weighted by molar-refractivity contribution is 5.99. The second-order valence-electron chi connectivity index (χ2n) is 6.82. The van der Waals surface area contributed by atoms with Gasteiger partial charge in [0.1, 0.15) is 0 Å². The molecule has 4 rings (SSSR count). The minimum atomic E-state index is 0.219. The summed E-state index contributed by atoms with van der Waals surface area (Å²) >= 11 is 0. The van der Waals surface area contributed by atoms with Gasteiger partial charge in [-0.05, 0) is 74.2 Å². The molecule has 1 amide bonds. The Morgan fingerprint density at radius 2 is 2.09 bits per heavy atom. The summed E-state index contributed by atoms with van der Waals surface area (Å²) in [6, 6.07) is 6.79. The molecule has 1 saturated heterocycles. The molecular weight excluding hydrogens is 286 g/mol. The molecule has 0 aliphatic carbocycles. The lowest BCUT2D eigenvalue weighted by atomic mass is 9.98. The minimum Gasteiger partial charge on any atom is -0.330 e. The largest absolute Gasteiger partial charge is 0.330 e. The molecule has 1 aromatic rings. The molecule has 0 saturated carbocycles. The van der Waals surface area contributed by atoms with Gasteiger partial charge in [0.05, 0.1) is 0 Å². The smallest absolute Gasteiger partial charge is 0.254 e. The Morgan fingerprint density at radius 3 is 2.96 bits per heavy atom. The first-order valence-corrected chi connectivity index (χ1v) is 8.87. The molecule has 1 fully saturated rings. The molecule has 4 nitrogen and oxygen atoms in total. The van der Waals surface area contributed by atoms with Gasteiger partial charge in [0.25, 0.3) is 5.91 Å². The summed E-state index contributed by atoms with van der Waals surface area (Å²) in [5.41, 5.74) is 4.83. The van der Waals surface area contributed by atoms with E-state index in [0.29, 0.717) is 6.04 Å². The third-order valence-corrected chi connectivity index (χ3v) is 5.30. The average Bonchev–Trinajstić information content (AvgIpc) is 2.78. The summed E-state index contributed by atoms with van der Waals surface area (Å²) < 4.78 is 0. The predicted molar refractivity (Wildman–Crippen MR) is 92.3 cm³/mol. The normalized spacial score (nSPS) is 25.0. The molecule has 4 heteroatoms. The van der Waals surface area contributed by atoms with Crippen molar-refractivity contribution in [2.45, 2.75) is 38.3 Å². The van der Waals surface area contributed by atoms with Gasteiger partial charge in [-0.25, -0.2) is 0 Å². The Morgan fingerprint density at radius 1 is 1.13 bits per heavy atom. The van der Waals surface area contributed by atoms with Crippen LogP contribution in [-0.4, -0.2) is 43.0 Å². The van der Waals surface area contributed by atoms with Crippen LogP contribution in [0.25, 0.3) is 5.57 Å². The molecule has 3 aliphatic rings. The molecule has 0 radical (unpaired) electrons. The van der Waals surface area contributed by atoms with Crippen LogP contribution in [0.3, 0.4) is 0 Å². The lowest BCUT2D eigenvalue weighted by molar-refractivity contribution is 0.0674. The van der Waals surface area contributed by atoms with Gasteiger partial charge in [-0.1, -0.05) is 12.1 Å². The maximum atomic E-state index is 12.7. The number of carbonyl (C=O) groups excluding carboxylic acids is 1. The van der Waals surface area contributed by atoms with E-state index in [2.05, 4.69) is 33.7 Å². The van der Waals surface area contributed by atoms with E-state index in [1.54, 1.807) is 0 Å². The van der Waals surface area contributed by atoms with E-state index < -0.39 is 0 Å². The van der Waals surface area contributed by atoms with Crippen LogP contribution < -0.4 is 10.6 Å². The first-order valence-electron chi connectivity index (χ1n) is 8.87. The van der Waals surface area contributed by atoms with E-state index in [-0.39, 0.29) is 5.91 Å². The van der Waals surface area contributed by atoms with E-state index in [4.69, 9.17) is 0 Å².